The van der Waals surface area contributed by atoms with Gasteiger partial charge in [0.25, 0.3) is 0 Å². The van der Waals surface area contributed by atoms with Crippen LogP contribution in [0, 0.1) is 6.92 Å². The SMILES string of the molecule is Cc1cc2c(NC(C)Cn3cccn3)ccc(N)c2cn1. The minimum Gasteiger partial charge on any atom is -0.398 e. The Morgan fingerprint density at radius 1 is 1.33 bits per heavy atom. The van der Waals surface area contributed by atoms with Crippen LogP contribution in [0.5, 0.6) is 0 Å². The first kappa shape index (κ1) is 13.4. The van der Waals surface area contributed by atoms with E-state index < -0.39 is 0 Å². The van der Waals surface area contributed by atoms with Crippen LogP contribution in [0.3, 0.4) is 0 Å². The molecule has 0 aliphatic carbocycles. The number of aryl methyl sites for hydroxylation is 1. The van der Waals surface area contributed by atoms with E-state index in [1.165, 1.54) is 0 Å². The normalized spacial score (nSPS) is 12.5. The van der Waals surface area contributed by atoms with E-state index in [9.17, 15) is 0 Å². The minimum absolute atomic E-state index is 0.255. The largest absolute Gasteiger partial charge is 0.398 e. The summed E-state index contributed by atoms with van der Waals surface area (Å²) in [5, 5.41) is 9.86. The second-order valence-electron chi connectivity index (χ2n) is 5.35. The molecule has 0 aliphatic heterocycles. The molecule has 0 radical (unpaired) electrons. The number of nitrogen functional groups attached to an aromatic ring is 1. The van der Waals surface area contributed by atoms with Crippen molar-refractivity contribution in [1.29, 1.82) is 0 Å². The summed E-state index contributed by atoms with van der Waals surface area (Å²) in [6, 6.07) is 8.19. The highest BCUT2D eigenvalue weighted by Gasteiger charge is 2.09. The molecule has 0 bridgehead atoms. The summed E-state index contributed by atoms with van der Waals surface area (Å²) in [5.41, 5.74) is 8.84. The van der Waals surface area contributed by atoms with Crippen LogP contribution in [-0.4, -0.2) is 20.8 Å². The molecule has 3 rings (SSSR count). The van der Waals surface area contributed by atoms with E-state index in [4.69, 9.17) is 5.73 Å². The minimum atomic E-state index is 0.255. The molecule has 3 aromatic rings. The van der Waals surface area contributed by atoms with Gasteiger partial charge in [-0.2, -0.15) is 5.10 Å². The fourth-order valence-electron chi connectivity index (χ4n) is 2.49. The van der Waals surface area contributed by atoms with E-state index >= 15 is 0 Å². The molecule has 0 aliphatic rings. The van der Waals surface area contributed by atoms with Gasteiger partial charge in [-0.1, -0.05) is 0 Å². The lowest BCUT2D eigenvalue weighted by atomic mass is 10.1. The standard InChI is InChI=1S/C16H19N5/c1-11-8-13-14(9-18-11)15(17)4-5-16(13)20-12(2)10-21-7-3-6-19-21/h3-9,12,20H,10,17H2,1-2H3. The number of hydrogen-bond donors (Lipinski definition) is 2. The van der Waals surface area contributed by atoms with Gasteiger partial charge in [0.2, 0.25) is 0 Å². The summed E-state index contributed by atoms with van der Waals surface area (Å²) in [6.45, 7) is 4.93. The average Bonchev–Trinajstić information content (AvgIpc) is 2.95. The molecule has 1 unspecified atom stereocenters. The predicted octanol–water partition coefficient (Wildman–Crippen LogP) is 2.82. The van der Waals surface area contributed by atoms with Gasteiger partial charge in [0.15, 0.2) is 0 Å². The topological polar surface area (TPSA) is 68.8 Å². The number of nitrogens with two attached hydrogens (primary N) is 1. The van der Waals surface area contributed by atoms with Crippen molar-refractivity contribution < 1.29 is 0 Å². The quantitative estimate of drug-likeness (QED) is 0.722. The molecular formula is C16H19N5. The molecule has 1 aromatic carbocycles. The Balaban J connectivity index is 1.89. The molecule has 2 heterocycles. The zero-order chi connectivity index (χ0) is 14.8. The number of anilines is 2. The van der Waals surface area contributed by atoms with Crippen molar-refractivity contribution >= 4 is 22.1 Å². The maximum Gasteiger partial charge on any atom is 0.0608 e. The number of hydrogen-bond acceptors (Lipinski definition) is 4. The molecular weight excluding hydrogens is 262 g/mol. The van der Waals surface area contributed by atoms with Gasteiger partial charge in [0.1, 0.15) is 0 Å². The van der Waals surface area contributed by atoms with Crippen LogP contribution in [0.4, 0.5) is 11.4 Å². The van der Waals surface area contributed by atoms with Gasteiger partial charge in [-0.25, -0.2) is 0 Å². The Labute approximate surface area is 123 Å². The third kappa shape index (κ3) is 2.81. The van der Waals surface area contributed by atoms with Crippen LogP contribution in [0.1, 0.15) is 12.6 Å². The lowest BCUT2D eigenvalue weighted by molar-refractivity contribution is 0.561. The smallest absolute Gasteiger partial charge is 0.0608 e. The van der Waals surface area contributed by atoms with Gasteiger partial charge < -0.3 is 11.1 Å². The summed E-state index contributed by atoms with van der Waals surface area (Å²) in [5.74, 6) is 0. The lowest BCUT2D eigenvalue weighted by Crippen LogP contribution is -2.22. The Hall–Kier alpha value is -2.56. The number of benzene rings is 1. The summed E-state index contributed by atoms with van der Waals surface area (Å²) in [7, 11) is 0. The lowest BCUT2D eigenvalue weighted by Gasteiger charge is -2.18. The van der Waals surface area contributed by atoms with Crippen LogP contribution in [0.2, 0.25) is 0 Å². The van der Waals surface area contributed by atoms with E-state index in [1.807, 2.05) is 42.2 Å². The Kier molecular flexibility index (Phi) is 3.48. The predicted molar refractivity (Wildman–Crippen MR) is 86.2 cm³/mol. The molecule has 0 saturated heterocycles. The van der Waals surface area contributed by atoms with E-state index in [0.29, 0.717) is 0 Å². The molecule has 0 fully saturated rings. The highest BCUT2D eigenvalue weighted by atomic mass is 15.3. The first-order chi connectivity index (χ1) is 10.1. The van der Waals surface area contributed by atoms with Gasteiger partial charge in [-0.05, 0) is 38.1 Å². The Bertz CT molecular complexity index is 749. The molecule has 3 N–H and O–H groups in total. The molecule has 1 atom stereocenters. The molecule has 5 heteroatoms. The second-order valence-corrected chi connectivity index (χ2v) is 5.35. The Morgan fingerprint density at radius 2 is 2.19 bits per heavy atom. The zero-order valence-electron chi connectivity index (χ0n) is 12.2. The summed E-state index contributed by atoms with van der Waals surface area (Å²) in [6.07, 6.45) is 5.59. The molecule has 0 saturated carbocycles. The number of pyridine rings is 1. The van der Waals surface area contributed by atoms with Crippen LogP contribution in [-0.2, 0) is 6.54 Å². The van der Waals surface area contributed by atoms with Crippen molar-refractivity contribution in [2.24, 2.45) is 0 Å². The monoisotopic (exact) mass is 281 g/mol. The number of rotatable bonds is 4. The fraction of sp³-hybridized carbons (Fsp3) is 0.250. The first-order valence-electron chi connectivity index (χ1n) is 7.02. The van der Waals surface area contributed by atoms with Crippen LogP contribution in [0.15, 0.2) is 42.9 Å². The molecule has 5 nitrogen and oxygen atoms in total. The van der Waals surface area contributed by atoms with E-state index in [-0.39, 0.29) is 6.04 Å². The Morgan fingerprint density at radius 3 is 2.95 bits per heavy atom. The summed E-state index contributed by atoms with van der Waals surface area (Å²) in [4.78, 5) is 4.33. The van der Waals surface area contributed by atoms with E-state index in [0.717, 1.165) is 34.4 Å². The van der Waals surface area contributed by atoms with Crippen molar-refractivity contribution in [1.82, 2.24) is 14.8 Å². The average molecular weight is 281 g/mol. The van der Waals surface area contributed by atoms with Gasteiger partial charge in [0, 0.05) is 52.5 Å². The van der Waals surface area contributed by atoms with Gasteiger partial charge in [0.05, 0.1) is 6.54 Å². The van der Waals surface area contributed by atoms with Crippen molar-refractivity contribution in [2.45, 2.75) is 26.4 Å². The van der Waals surface area contributed by atoms with E-state index in [2.05, 4.69) is 28.4 Å². The van der Waals surface area contributed by atoms with Crippen molar-refractivity contribution in [3.05, 3.63) is 48.5 Å². The third-order valence-electron chi connectivity index (χ3n) is 3.49. The zero-order valence-corrected chi connectivity index (χ0v) is 12.2. The molecule has 0 spiro atoms. The fourth-order valence-corrected chi connectivity index (χ4v) is 2.49. The molecule has 108 valence electrons. The number of nitrogens with zero attached hydrogens (tertiary/aromatic N) is 3. The highest BCUT2D eigenvalue weighted by Crippen LogP contribution is 2.28. The van der Waals surface area contributed by atoms with Gasteiger partial charge in [-0.15, -0.1) is 0 Å². The van der Waals surface area contributed by atoms with Crippen molar-refractivity contribution in [2.75, 3.05) is 11.1 Å². The van der Waals surface area contributed by atoms with Crippen molar-refractivity contribution in [3.8, 4) is 0 Å². The first-order valence-corrected chi connectivity index (χ1v) is 7.02. The van der Waals surface area contributed by atoms with Gasteiger partial charge >= 0.3 is 0 Å². The number of aromatic nitrogens is 3. The maximum atomic E-state index is 6.03. The number of nitrogens with one attached hydrogen (secondary N) is 1. The van der Waals surface area contributed by atoms with Gasteiger partial charge in [-0.3, -0.25) is 9.67 Å². The number of fused-ring (bicyclic) bond motifs is 1. The van der Waals surface area contributed by atoms with Crippen LogP contribution in [0.25, 0.3) is 10.8 Å². The van der Waals surface area contributed by atoms with Crippen LogP contribution >= 0.6 is 0 Å². The van der Waals surface area contributed by atoms with E-state index in [1.54, 1.807) is 6.20 Å². The summed E-state index contributed by atoms with van der Waals surface area (Å²) < 4.78 is 1.92. The molecule has 21 heavy (non-hydrogen) atoms. The van der Waals surface area contributed by atoms with Crippen molar-refractivity contribution in [3.63, 3.8) is 0 Å². The summed E-state index contributed by atoms with van der Waals surface area (Å²) >= 11 is 0. The maximum absolute atomic E-state index is 6.03. The molecule has 0 amide bonds. The highest BCUT2D eigenvalue weighted by molar-refractivity contribution is 6.00. The molecule has 2 aromatic heterocycles. The second kappa shape index (κ2) is 5.44. The third-order valence-corrected chi connectivity index (χ3v) is 3.49. The van der Waals surface area contributed by atoms with Crippen LogP contribution < -0.4 is 11.1 Å².